The average molecular weight is 382 g/mol. The van der Waals surface area contributed by atoms with E-state index in [9.17, 15) is 4.79 Å². The van der Waals surface area contributed by atoms with Crippen LogP contribution in [0.3, 0.4) is 0 Å². The maximum absolute atomic E-state index is 12.1. The topological polar surface area (TPSA) is 82.7 Å². The van der Waals surface area contributed by atoms with Crippen LogP contribution in [0.25, 0.3) is 0 Å². The van der Waals surface area contributed by atoms with Crippen molar-refractivity contribution in [2.75, 3.05) is 17.2 Å². The minimum atomic E-state index is -0.104. The molecule has 150 valence electrons. The van der Waals surface area contributed by atoms with Crippen LogP contribution in [0, 0.1) is 17.8 Å². The Morgan fingerprint density at radius 2 is 1.89 bits per heavy atom. The number of aromatic nitrogens is 3. The third kappa shape index (κ3) is 4.21. The minimum absolute atomic E-state index is 0.104. The van der Waals surface area contributed by atoms with Gasteiger partial charge in [-0.3, -0.25) is 4.79 Å². The van der Waals surface area contributed by atoms with Crippen molar-refractivity contribution in [1.82, 2.24) is 15.2 Å². The number of carbonyl (C=O) groups is 1. The van der Waals surface area contributed by atoms with Crippen molar-refractivity contribution in [3.8, 4) is 0 Å². The number of fused-ring (bicyclic) bond motifs is 2. The molecule has 2 aliphatic rings. The number of amides is 1. The van der Waals surface area contributed by atoms with Gasteiger partial charge >= 0.3 is 0 Å². The summed E-state index contributed by atoms with van der Waals surface area (Å²) >= 11 is 0. The lowest BCUT2D eigenvalue weighted by Crippen LogP contribution is -2.39. The second-order valence-electron chi connectivity index (χ2n) is 9.00. The molecule has 0 radical (unpaired) electrons. The number of hydrogen-bond acceptors (Lipinski definition) is 4. The molecule has 1 heterocycles. The highest BCUT2D eigenvalue weighted by atomic mass is 16.1. The van der Waals surface area contributed by atoms with E-state index >= 15 is 0 Å². The molecule has 2 aliphatic carbocycles. The van der Waals surface area contributed by atoms with Crippen molar-refractivity contribution < 1.29 is 4.79 Å². The lowest BCUT2D eigenvalue weighted by atomic mass is 9.57. The number of rotatable bonds is 6. The van der Waals surface area contributed by atoms with E-state index in [1.807, 2.05) is 12.1 Å². The molecule has 1 aromatic heterocycles. The Bertz CT molecular complexity index is 772. The molecule has 2 bridgehead atoms. The fraction of sp³-hybridized carbons (Fsp3) is 0.591. The molecule has 6 heteroatoms. The van der Waals surface area contributed by atoms with Gasteiger partial charge in [0.15, 0.2) is 0 Å². The van der Waals surface area contributed by atoms with E-state index < -0.39 is 0 Å². The van der Waals surface area contributed by atoms with Crippen molar-refractivity contribution in [2.45, 2.75) is 57.8 Å². The van der Waals surface area contributed by atoms with E-state index in [-0.39, 0.29) is 17.9 Å². The zero-order chi connectivity index (χ0) is 19.6. The van der Waals surface area contributed by atoms with Gasteiger partial charge < -0.3 is 15.6 Å². The number of hydrogen-bond donors (Lipinski definition) is 3. The van der Waals surface area contributed by atoms with E-state index in [1.54, 1.807) is 0 Å². The first-order valence-corrected chi connectivity index (χ1v) is 10.5. The summed E-state index contributed by atoms with van der Waals surface area (Å²) in [6.45, 7) is 4.93. The van der Waals surface area contributed by atoms with Crippen molar-refractivity contribution in [3.05, 3.63) is 36.2 Å². The number of anilines is 2. The lowest BCUT2D eigenvalue weighted by molar-refractivity contribution is -0.114. The minimum Gasteiger partial charge on any atom is -0.345 e. The number of nitrogens with zero attached hydrogens (tertiary/aromatic N) is 2. The molecule has 0 saturated heterocycles. The normalized spacial score (nSPS) is 29.3. The first-order valence-electron chi connectivity index (χ1n) is 10.5. The van der Waals surface area contributed by atoms with Crippen LogP contribution in [-0.2, 0) is 10.2 Å². The molecule has 1 amide bonds. The van der Waals surface area contributed by atoms with Crippen LogP contribution >= 0.6 is 0 Å². The summed E-state index contributed by atoms with van der Waals surface area (Å²) in [6.07, 6.45) is 9.66. The molecule has 6 nitrogen and oxygen atoms in total. The van der Waals surface area contributed by atoms with Gasteiger partial charge in [0.1, 0.15) is 6.33 Å². The van der Waals surface area contributed by atoms with Crippen LogP contribution < -0.4 is 10.6 Å². The monoisotopic (exact) mass is 381 g/mol. The van der Waals surface area contributed by atoms with E-state index in [0.717, 1.165) is 23.4 Å². The summed E-state index contributed by atoms with van der Waals surface area (Å²) in [6, 6.07) is 8.48. The molecular formula is C22H31N5O. The molecular weight excluding hydrogens is 350 g/mol. The average Bonchev–Trinajstić information content (AvgIpc) is 3.19. The first kappa shape index (κ1) is 19.0. The van der Waals surface area contributed by atoms with Crippen LogP contribution in [0.15, 0.2) is 30.6 Å². The van der Waals surface area contributed by atoms with Gasteiger partial charge in [0.2, 0.25) is 11.9 Å². The number of nitrogens with one attached hydrogen (secondary N) is 3. The number of aromatic amines is 1. The summed E-state index contributed by atoms with van der Waals surface area (Å²) in [5, 5.41) is 13.3. The van der Waals surface area contributed by atoms with Crippen LogP contribution in [0.2, 0.25) is 0 Å². The van der Waals surface area contributed by atoms with Crippen molar-refractivity contribution in [1.29, 1.82) is 0 Å². The number of benzene rings is 1. The van der Waals surface area contributed by atoms with Crippen LogP contribution in [0.4, 0.5) is 11.6 Å². The van der Waals surface area contributed by atoms with Gasteiger partial charge in [-0.15, -0.1) is 10.2 Å². The van der Waals surface area contributed by atoms with E-state index in [1.165, 1.54) is 50.4 Å². The summed E-state index contributed by atoms with van der Waals surface area (Å²) < 4.78 is 0. The molecule has 2 unspecified atom stereocenters. The smallest absolute Gasteiger partial charge is 0.243 e. The highest BCUT2D eigenvalue weighted by molar-refractivity contribution is 5.93. The molecule has 28 heavy (non-hydrogen) atoms. The Morgan fingerprint density at radius 3 is 2.50 bits per heavy atom. The third-order valence-corrected chi connectivity index (χ3v) is 6.75. The summed E-state index contributed by atoms with van der Waals surface area (Å²) in [7, 11) is 0. The Hall–Kier alpha value is -2.37. The summed E-state index contributed by atoms with van der Waals surface area (Å²) in [5.41, 5.74) is 2.51. The molecule has 3 N–H and O–H groups in total. The van der Waals surface area contributed by atoms with Crippen molar-refractivity contribution in [3.63, 3.8) is 0 Å². The Labute approximate surface area is 166 Å². The number of carbonyl (C=O) groups excluding carboxylic acids is 1. The molecule has 2 aromatic rings. The van der Waals surface area contributed by atoms with Gasteiger partial charge in [0.05, 0.1) is 6.54 Å². The fourth-order valence-corrected chi connectivity index (χ4v) is 5.58. The van der Waals surface area contributed by atoms with Gasteiger partial charge in [-0.05, 0) is 73.0 Å². The Morgan fingerprint density at radius 1 is 1.18 bits per heavy atom. The second kappa shape index (κ2) is 7.94. The van der Waals surface area contributed by atoms with Gasteiger partial charge in [0.25, 0.3) is 0 Å². The van der Waals surface area contributed by atoms with Crippen molar-refractivity contribution in [2.24, 2.45) is 17.8 Å². The zero-order valence-electron chi connectivity index (χ0n) is 16.9. The first-order chi connectivity index (χ1) is 13.5. The molecule has 0 aliphatic heterocycles. The Balaban J connectivity index is 1.35. The van der Waals surface area contributed by atoms with Gasteiger partial charge in [-0.1, -0.05) is 32.4 Å². The van der Waals surface area contributed by atoms with E-state index in [4.69, 9.17) is 0 Å². The highest BCUT2D eigenvalue weighted by Crippen LogP contribution is 2.51. The second-order valence-corrected chi connectivity index (χ2v) is 9.00. The maximum Gasteiger partial charge on any atom is 0.243 e. The Kier molecular flexibility index (Phi) is 5.38. The van der Waals surface area contributed by atoms with Crippen LogP contribution in [0.1, 0.15) is 57.9 Å². The van der Waals surface area contributed by atoms with Gasteiger partial charge in [0, 0.05) is 5.69 Å². The summed E-state index contributed by atoms with van der Waals surface area (Å²) in [5.74, 6) is 3.09. The van der Waals surface area contributed by atoms with Crippen molar-refractivity contribution >= 4 is 17.5 Å². The third-order valence-electron chi connectivity index (χ3n) is 6.75. The summed E-state index contributed by atoms with van der Waals surface area (Å²) in [4.78, 5) is 14.9. The zero-order valence-corrected chi connectivity index (χ0v) is 16.9. The predicted octanol–water partition coefficient (Wildman–Crippen LogP) is 4.35. The SMILES string of the molecule is CCC1CC2CC(C1)CC(C)(c1ccc(NC(=O)CNc3nnc[nH]3)cc1)C2. The van der Waals surface area contributed by atoms with Gasteiger partial charge in [-0.25, -0.2) is 0 Å². The largest absolute Gasteiger partial charge is 0.345 e. The van der Waals surface area contributed by atoms with Crippen LogP contribution in [-0.4, -0.2) is 27.6 Å². The van der Waals surface area contributed by atoms with E-state index in [2.05, 4.69) is 51.8 Å². The standard InChI is InChI=1S/C22H31N5O/c1-3-15-8-16-10-17(9-15)12-22(2,11-16)18-4-6-19(7-5-18)26-20(28)13-23-21-24-14-25-27-21/h4-7,14-17H,3,8-13H2,1-2H3,(H,26,28)(H2,23,24,25,27). The highest BCUT2D eigenvalue weighted by Gasteiger charge is 2.42. The predicted molar refractivity (Wildman–Crippen MR) is 111 cm³/mol. The molecule has 1 aromatic carbocycles. The van der Waals surface area contributed by atoms with Crippen LogP contribution in [0.5, 0.6) is 0 Å². The molecule has 4 rings (SSSR count). The fourth-order valence-electron chi connectivity index (χ4n) is 5.58. The molecule has 2 fully saturated rings. The maximum atomic E-state index is 12.1. The molecule has 2 saturated carbocycles. The molecule has 0 spiro atoms. The number of H-pyrrole nitrogens is 1. The van der Waals surface area contributed by atoms with E-state index in [0.29, 0.717) is 5.95 Å². The van der Waals surface area contributed by atoms with Gasteiger partial charge in [-0.2, -0.15) is 0 Å². The molecule has 2 atom stereocenters. The quantitative estimate of drug-likeness (QED) is 0.695. The lowest BCUT2D eigenvalue weighted by Gasteiger charge is -2.48.